The lowest BCUT2D eigenvalue weighted by atomic mass is 9.95. The van der Waals surface area contributed by atoms with Gasteiger partial charge < -0.3 is 19.7 Å². The van der Waals surface area contributed by atoms with Gasteiger partial charge in [0, 0.05) is 9.79 Å². The minimum atomic E-state index is -0.152. The fourth-order valence-corrected chi connectivity index (χ4v) is 4.84. The first-order valence-electron chi connectivity index (χ1n) is 10.7. The molecule has 0 aliphatic heterocycles. The Labute approximate surface area is 177 Å². The Bertz CT molecular complexity index is 680. The average Bonchev–Trinajstić information content (AvgIpc) is 2.74. The fraction of sp³-hybridized carbons (Fsp3) is 0.500. The van der Waals surface area contributed by atoms with Crippen molar-refractivity contribution in [1.82, 2.24) is 0 Å². The van der Waals surface area contributed by atoms with Gasteiger partial charge in [0.25, 0.3) is 0 Å². The van der Waals surface area contributed by atoms with Crippen molar-refractivity contribution in [2.45, 2.75) is 85.6 Å². The van der Waals surface area contributed by atoms with Gasteiger partial charge in [0.1, 0.15) is 11.5 Å². The minimum absolute atomic E-state index is 0.152. The van der Waals surface area contributed by atoms with E-state index in [2.05, 4.69) is 24.3 Å². The summed E-state index contributed by atoms with van der Waals surface area (Å²) in [5, 5.41) is 19.2. The SMILES string of the molecule is OC1CCC(Oc2ccc(Sc3ccc(OC4CCC(O)CC4)cc3)cc2)CC1. The molecule has 0 saturated heterocycles. The number of aliphatic hydroxyl groups is 2. The zero-order valence-corrected chi connectivity index (χ0v) is 17.5. The van der Waals surface area contributed by atoms with Crippen molar-refractivity contribution in [1.29, 1.82) is 0 Å². The molecule has 2 N–H and O–H groups in total. The van der Waals surface area contributed by atoms with Crippen molar-refractivity contribution in [3.8, 4) is 11.5 Å². The molecule has 2 fully saturated rings. The van der Waals surface area contributed by atoms with Crippen LogP contribution in [0.2, 0.25) is 0 Å². The highest BCUT2D eigenvalue weighted by molar-refractivity contribution is 7.99. The Balaban J connectivity index is 1.26. The van der Waals surface area contributed by atoms with Crippen molar-refractivity contribution in [2.24, 2.45) is 0 Å². The molecule has 5 heteroatoms. The molecule has 0 heterocycles. The van der Waals surface area contributed by atoms with Crippen molar-refractivity contribution in [3.63, 3.8) is 0 Å². The van der Waals surface area contributed by atoms with Crippen LogP contribution in [0.25, 0.3) is 0 Å². The second-order valence-electron chi connectivity index (χ2n) is 8.14. The van der Waals surface area contributed by atoms with E-state index in [9.17, 15) is 10.2 Å². The van der Waals surface area contributed by atoms with E-state index >= 15 is 0 Å². The molecule has 2 aromatic carbocycles. The molecule has 4 nitrogen and oxygen atoms in total. The highest BCUT2D eigenvalue weighted by atomic mass is 32.2. The summed E-state index contributed by atoms with van der Waals surface area (Å²) in [5.74, 6) is 1.80. The number of rotatable bonds is 6. The van der Waals surface area contributed by atoms with Crippen LogP contribution in [0.1, 0.15) is 51.4 Å². The van der Waals surface area contributed by atoms with Crippen LogP contribution in [0, 0.1) is 0 Å². The average molecular weight is 415 g/mol. The largest absolute Gasteiger partial charge is 0.490 e. The summed E-state index contributed by atoms with van der Waals surface area (Å²) in [6.07, 6.45) is 7.17. The lowest BCUT2D eigenvalue weighted by molar-refractivity contribution is 0.0665. The van der Waals surface area contributed by atoms with Crippen molar-refractivity contribution in [2.75, 3.05) is 0 Å². The van der Waals surface area contributed by atoms with Gasteiger partial charge in [0.15, 0.2) is 0 Å². The first kappa shape index (κ1) is 20.6. The summed E-state index contributed by atoms with van der Waals surface area (Å²) < 4.78 is 12.1. The molecule has 2 aromatic rings. The molecule has 29 heavy (non-hydrogen) atoms. The fourth-order valence-electron chi connectivity index (χ4n) is 4.02. The van der Waals surface area contributed by atoms with Gasteiger partial charge in [-0.25, -0.2) is 0 Å². The van der Waals surface area contributed by atoms with Crippen LogP contribution in [0.4, 0.5) is 0 Å². The Morgan fingerprint density at radius 1 is 0.552 bits per heavy atom. The summed E-state index contributed by atoms with van der Waals surface area (Å²) >= 11 is 1.72. The Kier molecular flexibility index (Phi) is 7.01. The Morgan fingerprint density at radius 2 is 0.897 bits per heavy atom. The Morgan fingerprint density at radius 3 is 1.24 bits per heavy atom. The molecule has 0 bridgehead atoms. The van der Waals surface area contributed by atoms with Crippen LogP contribution in [-0.2, 0) is 0 Å². The maximum Gasteiger partial charge on any atom is 0.119 e. The van der Waals surface area contributed by atoms with Crippen molar-refractivity contribution < 1.29 is 19.7 Å². The molecule has 0 spiro atoms. The molecular formula is C24H30O4S. The summed E-state index contributed by atoms with van der Waals surface area (Å²) in [6.45, 7) is 0. The van der Waals surface area contributed by atoms with Gasteiger partial charge >= 0.3 is 0 Å². The second-order valence-corrected chi connectivity index (χ2v) is 9.29. The first-order valence-corrected chi connectivity index (χ1v) is 11.5. The minimum Gasteiger partial charge on any atom is -0.490 e. The van der Waals surface area contributed by atoms with Crippen molar-refractivity contribution in [3.05, 3.63) is 48.5 Å². The summed E-state index contributed by atoms with van der Waals surface area (Å²) in [7, 11) is 0. The smallest absolute Gasteiger partial charge is 0.119 e. The molecule has 0 amide bonds. The molecule has 0 radical (unpaired) electrons. The highest BCUT2D eigenvalue weighted by Gasteiger charge is 2.21. The van der Waals surface area contributed by atoms with E-state index in [1.54, 1.807) is 11.8 Å². The molecule has 2 aliphatic carbocycles. The summed E-state index contributed by atoms with van der Waals surface area (Å²) in [5.41, 5.74) is 0. The van der Waals surface area contributed by atoms with Gasteiger partial charge in [0.05, 0.1) is 24.4 Å². The van der Waals surface area contributed by atoms with Gasteiger partial charge in [-0.1, -0.05) is 11.8 Å². The molecule has 156 valence electrons. The van der Waals surface area contributed by atoms with Gasteiger partial charge in [-0.05, 0) is 99.9 Å². The van der Waals surface area contributed by atoms with E-state index in [4.69, 9.17) is 9.47 Å². The van der Waals surface area contributed by atoms with Crippen LogP contribution in [0.3, 0.4) is 0 Å². The molecular weight excluding hydrogens is 384 g/mol. The highest BCUT2D eigenvalue weighted by Crippen LogP contribution is 2.32. The standard InChI is InChI=1S/C24H30O4S/c25-17-1-5-19(6-2-17)27-21-9-13-23(14-10-21)29-24-15-11-22(12-16-24)28-20-7-3-18(26)4-8-20/h9-20,25-26H,1-8H2. The maximum atomic E-state index is 9.60. The quantitative estimate of drug-likeness (QED) is 0.680. The maximum absolute atomic E-state index is 9.60. The van der Waals surface area contributed by atoms with E-state index < -0.39 is 0 Å². The number of hydrogen-bond acceptors (Lipinski definition) is 5. The van der Waals surface area contributed by atoms with E-state index in [0.717, 1.165) is 62.9 Å². The van der Waals surface area contributed by atoms with Crippen LogP contribution >= 0.6 is 11.8 Å². The Hall–Kier alpha value is -1.69. The molecule has 2 aliphatic rings. The van der Waals surface area contributed by atoms with E-state index in [0.29, 0.717) is 0 Å². The topological polar surface area (TPSA) is 58.9 Å². The third kappa shape index (κ3) is 6.14. The zero-order chi connectivity index (χ0) is 20.1. The first-order chi connectivity index (χ1) is 14.1. The third-order valence-electron chi connectivity index (χ3n) is 5.78. The van der Waals surface area contributed by atoms with Gasteiger partial charge in [-0.3, -0.25) is 0 Å². The van der Waals surface area contributed by atoms with Crippen LogP contribution in [0.5, 0.6) is 11.5 Å². The van der Waals surface area contributed by atoms with E-state index in [1.165, 1.54) is 9.79 Å². The van der Waals surface area contributed by atoms with Crippen LogP contribution in [-0.4, -0.2) is 34.6 Å². The van der Waals surface area contributed by atoms with E-state index in [1.807, 2.05) is 24.3 Å². The normalized spacial score (nSPS) is 27.4. The monoisotopic (exact) mass is 414 g/mol. The number of aliphatic hydroxyl groups excluding tert-OH is 2. The second kappa shape index (κ2) is 9.88. The predicted octanol–water partition coefficient (Wildman–Crippen LogP) is 5.20. The molecule has 0 aromatic heterocycles. The zero-order valence-electron chi connectivity index (χ0n) is 16.7. The lowest BCUT2D eigenvalue weighted by Crippen LogP contribution is -2.26. The summed E-state index contributed by atoms with van der Waals surface area (Å²) in [4.78, 5) is 2.35. The number of hydrogen-bond donors (Lipinski definition) is 2. The van der Waals surface area contributed by atoms with Gasteiger partial charge in [-0.2, -0.15) is 0 Å². The molecule has 4 rings (SSSR count). The van der Waals surface area contributed by atoms with Crippen molar-refractivity contribution >= 4 is 11.8 Å². The number of benzene rings is 2. The lowest BCUT2D eigenvalue weighted by Gasteiger charge is -2.26. The van der Waals surface area contributed by atoms with Gasteiger partial charge in [0.2, 0.25) is 0 Å². The third-order valence-corrected chi connectivity index (χ3v) is 6.79. The molecule has 0 unspecified atom stereocenters. The van der Waals surface area contributed by atoms with Crippen LogP contribution in [0.15, 0.2) is 58.3 Å². The van der Waals surface area contributed by atoms with Crippen LogP contribution < -0.4 is 9.47 Å². The predicted molar refractivity (Wildman–Crippen MR) is 115 cm³/mol. The molecule has 0 atom stereocenters. The summed E-state index contributed by atoms with van der Waals surface area (Å²) in [6, 6.07) is 16.5. The number of ether oxygens (including phenoxy) is 2. The van der Waals surface area contributed by atoms with E-state index in [-0.39, 0.29) is 24.4 Å². The molecule has 2 saturated carbocycles. The van der Waals surface area contributed by atoms with Gasteiger partial charge in [-0.15, -0.1) is 0 Å².